The van der Waals surface area contributed by atoms with Crippen molar-refractivity contribution in [1.82, 2.24) is 0 Å². The van der Waals surface area contributed by atoms with Gasteiger partial charge in [0.25, 0.3) is 0 Å². The second-order valence-corrected chi connectivity index (χ2v) is 6.26. The molecule has 116 valence electrons. The fraction of sp³-hybridized carbons (Fsp3) is 0.235. The summed E-state index contributed by atoms with van der Waals surface area (Å²) in [6.45, 7) is 5.95. The predicted octanol–water partition coefficient (Wildman–Crippen LogP) is 5.16. The molecule has 0 aliphatic rings. The Morgan fingerprint density at radius 2 is 1.36 bits per heavy atom. The van der Waals surface area contributed by atoms with Gasteiger partial charge in [-0.05, 0) is 69.3 Å². The minimum atomic E-state index is -0.313. The van der Waals surface area contributed by atoms with E-state index in [0.29, 0.717) is 16.4 Å². The Morgan fingerprint density at radius 1 is 0.909 bits per heavy atom. The molecule has 2 rings (SSSR count). The zero-order chi connectivity index (χ0) is 16.2. The average Bonchev–Trinajstić information content (AvgIpc) is 2.42. The zero-order valence-corrected chi connectivity index (χ0v) is 13.6. The van der Waals surface area contributed by atoms with Crippen molar-refractivity contribution in [2.45, 2.75) is 26.4 Å². The van der Waals surface area contributed by atoms with E-state index in [1.807, 2.05) is 32.9 Å². The van der Waals surface area contributed by atoms with Gasteiger partial charge in [-0.25, -0.2) is 4.79 Å². The van der Waals surface area contributed by atoms with Crippen LogP contribution in [0.25, 0.3) is 0 Å². The number of hydrogen-bond donors (Lipinski definition) is 2. The molecule has 2 amide bonds. The van der Waals surface area contributed by atoms with Gasteiger partial charge in [-0.3, -0.25) is 0 Å². The van der Waals surface area contributed by atoms with Crippen LogP contribution in [0, 0.1) is 0 Å². The van der Waals surface area contributed by atoms with Gasteiger partial charge in [-0.1, -0.05) is 11.6 Å². The summed E-state index contributed by atoms with van der Waals surface area (Å²) >= 11 is 5.80. The summed E-state index contributed by atoms with van der Waals surface area (Å²) in [6, 6.07) is 13.8. The van der Waals surface area contributed by atoms with Gasteiger partial charge in [0.1, 0.15) is 11.4 Å². The standard InChI is InChI=1S/C17H19ClN2O2/c1-17(2,3)22-15-10-8-14(9-11-15)20-16(21)19-13-6-4-12(18)5-7-13/h4-11H,1-3H3,(H2,19,20,21). The van der Waals surface area contributed by atoms with Gasteiger partial charge >= 0.3 is 6.03 Å². The number of nitrogens with one attached hydrogen (secondary N) is 2. The number of carbonyl (C=O) groups is 1. The number of halogens is 1. The topological polar surface area (TPSA) is 50.4 Å². The third kappa shape index (κ3) is 5.30. The van der Waals surface area contributed by atoms with E-state index in [2.05, 4.69) is 10.6 Å². The van der Waals surface area contributed by atoms with E-state index < -0.39 is 0 Å². The molecule has 0 saturated heterocycles. The minimum Gasteiger partial charge on any atom is -0.488 e. The van der Waals surface area contributed by atoms with E-state index >= 15 is 0 Å². The highest BCUT2D eigenvalue weighted by molar-refractivity contribution is 6.30. The maximum Gasteiger partial charge on any atom is 0.323 e. The lowest BCUT2D eigenvalue weighted by Gasteiger charge is -2.21. The molecule has 5 heteroatoms. The molecule has 2 N–H and O–H groups in total. The first-order valence-electron chi connectivity index (χ1n) is 6.94. The van der Waals surface area contributed by atoms with E-state index in [-0.39, 0.29) is 11.6 Å². The molecule has 0 fully saturated rings. The second-order valence-electron chi connectivity index (χ2n) is 5.82. The van der Waals surface area contributed by atoms with Crippen LogP contribution in [0.3, 0.4) is 0 Å². The lowest BCUT2D eigenvalue weighted by molar-refractivity contribution is 0.131. The maximum atomic E-state index is 11.9. The van der Waals surface area contributed by atoms with Crippen LogP contribution in [0.1, 0.15) is 20.8 Å². The molecule has 0 aliphatic carbocycles. The fourth-order valence-corrected chi connectivity index (χ4v) is 1.91. The molecule has 2 aromatic carbocycles. The second kappa shape index (κ2) is 6.71. The summed E-state index contributed by atoms with van der Waals surface area (Å²) in [5, 5.41) is 6.11. The summed E-state index contributed by atoms with van der Waals surface area (Å²) in [4.78, 5) is 11.9. The minimum absolute atomic E-state index is 0.249. The lowest BCUT2D eigenvalue weighted by Crippen LogP contribution is -2.23. The van der Waals surface area contributed by atoms with Gasteiger partial charge in [0.15, 0.2) is 0 Å². The molecule has 2 aromatic rings. The number of amides is 2. The maximum absolute atomic E-state index is 11.9. The smallest absolute Gasteiger partial charge is 0.323 e. The van der Waals surface area contributed by atoms with E-state index in [4.69, 9.17) is 16.3 Å². The molecule has 4 nitrogen and oxygen atoms in total. The molecular formula is C17H19ClN2O2. The Morgan fingerprint density at radius 3 is 1.82 bits per heavy atom. The van der Waals surface area contributed by atoms with Crippen molar-refractivity contribution in [1.29, 1.82) is 0 Å². The van der Waals surface area contributed by atoms with Crippen molar-refractivity contribution >= 4 is 29.0 Å². The van der Waals surface area contributed by atoms with Crippen LogP contribution in [0.2, 0.25) is 5.02 Å². The molecular weight excluding hydrogens is 300 g/mol. The molecule has 0 saturated carbocycles. The number of anilines is 2. The highest BCUT2D eigenvalue weighted by atomic mass is 35.5. The number of hydrogen-bond acceptors (Lipinski definition) is 2. The Kier molecular flexibility index (Phi) is 4.93. The van der Waals surface area contributed by atoms with Crippen LogP contribution in [-0.2, 0) is 0 Å². The van der Waals surface area contributed by atoms with Crippen LogP contribution in [0.5, 0.6) is 5.75 Å². The van der Waals surface area contributed by atoms with Crippen LogP contribution in [0.15, 0.2) is 48.5 Å². The van der Waals surface area contributed by atoms with Crippen molar-refractivity contribution < 1.29 is 9.53 Å². The third-order valence-corrected chi connectivity index (χ3v) is 2.89. The monoisotopic (exact) mass is 318 g/mol. The molecule has 0 unspecified atom stereocenters. The Bertz CT molecular complexity index is 631. The summed E-state index contributed by atoms with van der Waals surface area (Å²) in [5.74, 6) is 0.760. The van der Waals surface area contributed by atoms with Gasteiger partial charge in [-0.15, -0.1) is 0 Å². The molecule has 0 radical (unpaired) electrons. The van der Waals surface area contributed by atoms with E-state index in [1.165, 1.54) is 0 Å². The van der Waals surface area contributed by atoms with Gasteiger partial charge in [0.2, 0.25) is 0 Å². The van der Waals surface area contributed by atoms with E-state index in [1.54, 1.807) is 36.4 Å². The highest BCUT2D eigenvalue weighted by Crippen LogP contribution is 2.20. The molecule has 0 aromatic heterocycles. The van der Waals surface area contributed by atoms with Gasteiger partial charge < -0.3 is 15.4 Å². The Labute approximate surface area is 135 Å². The first-order chi connectivity index (χ1) is 10.3. The molecule has 0 heterocycles. The first kappa shape index (κ1) is 16.2. The largest absolute Gasteiger partial charge is 0.488 e. The fourth-order valence-electron chi connectivity index (χ4n) is 1.79. The van der Waals surface area contributed by atoms with Crippen LogP contribution < -0.4 is 15.4 Å². The summed E-state index contributed by atoms with van der Waals surface area (Å²) in [7, 11) is 0. The van der Waals surface area contributed by atoms with Gasteiger partial charge in [-0.2, -0.15) is 0 Å². The average molecular weight is 319 g/mol. The lowest BCUT2D eigenvalue weighted by atomic mass is 10.2. The normalized spacial score (nSPS) is 10.9. The SMILES string of the molecule is CC(C)(C)Oc1ccc(NC(=O)Nc2ccc(Cl)cc2)cc1. The Hall–Kier alpha value is -2.20. The van der Waals surface area contributed by atoms with Crippen LogP contribution in [-0.4, -0.2) is 11.6 Å². The number of carbonyl (C=O) groups excluding carboxylic acids is 1. The van der Waals surface area contributed by atoms with Crippen molar-refractivity contribution in [3.8, 4) is 5.75 Å². The predicted molar refractivity (Wildman–Crippen MR) is 90.9 cm³/mol. The summed E-state index contributed by atoms with van der Waals surface area (Å²) in [6.07, 6.45) is 0. The molecule has 0 bridgehead atoms. The van der Waals surface area contributed by atoms with Crippen molar-refractivity contribution in [3.05, 3.63) is 53.6 Å². The van der Waals surface area contributed by atoms with Crippen LogP contribution >= 0.6 is 11.6 Å². The number of rotatable bonds is 3. The molecule has 0 aliphatic heterocycles. The summed E-state index contributed by atoms with van der Waals surface area (Å²) < 4.78 is 5.73. The van der Waals surface area contributed by atoms with Gasteiger partial charge in [0, 0.05) is 16.4 Å². The van der Waals surface area contributed by atoms with Crippen molar-refractivity contribution in [2.24, 2.45) is 0 Å². The van der Waals surface area contributed by atoms with Crippen molar-refractivity contribution in [3.63, 3.8) is 0 Å². The van der Waals surface area contributed by atoms with Crippen LogP contribution in [0.4, 0.5) is 16.2 Å². The molecule has 0 spiro atoms. The number of ether oxygens (including phenoxy) is 1. The Balaban J connectivity index is 1.93. The first-order valence-corrected chi connectivity index (χ1v) is 7.32. The quantitative estimate of drug-likeness (QED) is 0.821. The van der Waals surface area contributed by atoms with Gasteiger partial charge in [0.05, 0.1) is 0 Å². The zero-order valence-electron chi connectivity index (χ0n) is 12.8. The van der Waals surface area contributed by atoms with E-state index in [9.17, 15) is 4.79 Å². The number of urea groups is 1. The molecule has 0 atom stereocenters. The summed E-state index contributed by atoms with van der Waals surface area (Å²) in [5.41, 5.74) is 1.11. The number of benzene rings is 2. The molecule has 22 heavy (non-hydrogen) atoms. The van der Waals surface area contributed by atoms with Crippen molar-refractivity contribution in [2.75, 3.05) is 10.6 Å². The highest BCUT2D eigenvalue weighted by Gasteiger charge is 2.11. The third-order valence-electron chi connectivity index (χ3n) is 2.64. The van der Waals surface area contributed by atoms with E-state index in [0.717, 1.165) is 5.75 Å².